The fourth-order valence-electron chi connectivity index (χ4n) is 2.16. The van der Waals surface area contributed by atoms with Gasteiger partial charge in [-0.1, -0.05) is 35.4 Å². The van der Waals surface area contributed by atoms with Crippen LogP contribution in [0.25, 0.3) is 0 Å². The molecule has 0 heterocycles. The van der Waals surface area contributed by atoms with Gasteiger partial charge in [0.15, 0.2) is 0 Å². The van der Waals surface area contributed by atoms with Crippen LogP contribution in [0.15, 0.2) is 47.4 Å². The molecule has 0 saturated carbocycles. The van der Waals surface area contributed by atoms with E-state index in [1.165, 1.54) is 13.1 Å². The Kier molecular flexibility index (Phi) is 5.64. The van der Waals surface area contributed by atoms with Crippen LogP contribution in [0.1, 0.15) is 11.1 Å². The molecular formula is C17H19ClN2O3S. The summed E-state index contributed by atoms with van der Waals surface area (Å²) < 4.78 is 26.3. The molecule has 2 rings (SSSR count). The summed E-state index contributed by atoms with van der Waals surface area (Å²) in [7, 11) is -2.43. The van der Waals surface area contributed by atoms with Crippen molar-refractivity contribution in [3.63, 3.8) is 0 Å². The number of rotatable bonds is 5. The maximum atomic E-state index is 12.6. The van der Waals surface area contributed by atoms with Gasteiger partial charge in [-0.05, 0) is 43.7 Å². The first-order chi connectivity index (χ1) is 11.2. The Morgan fingerprint density at radius 3 is 2.38 bits per heavy atom. The number of amides is 1. The highest BCUT2D eigenvalue weighted by Crippen LogP contribution is 2.24. The van der Waals surface area contributed by atoms with Crippen LogP contribution in [0.3, 0.4) is 0 Å². The van der Waals surface area contributed by atoms with Crippen molar-refractivity contribution in [3.8, 4) is 0 Å². The van der Waals surface area contributed by atoms with E-state index in [9.17, 15) is 13.2 Å². The van der Waals surface area contributed by atoms with Gasteiger partial charge in [0.2, 0.25) is 15.9 Å². The highest BCUT2D eigenvalue weighted by atomic mass is 35.5. The van der Waals surface area contributed by atoms with E-state index in [-0.39, 0.29) is 11.4 Å². The Labute approximate surface area is 147 Å². The molecule has 0 unspecified atom stereocenters. The summed E-state index contributed by atoms with van der Waals surface area (Å²) in [6.45, 7) is 3.29. The second-order valence-electron chi connectivity index (χ2n) is 5.54. The van der Waals surface area contributed by atoms with Gasteiger partial charge in [-0.25, -0.2) is 8.42 Å². The van der Waals surface area contributed by atoms with Gasteiger partial charge in [-0.3, -0.25) is 4.79 Å². The Hall–Kier alpha value is -1.89. The van der Waals surface area contributed by atoms with E-state index in [0.29, 0.717) is 16.3 Å². The molecule has 128 valence electrons. The van der Waals surface area contributed by atoms with E-state index < -0.39 is 15.9 Å². The molecule has 24 heavy (non-hydrogen) atoms. The van der Waals surface area contributed by atoms with Crippen molar-refractivity contribution < 1.29 is 13.2 Å². The van der Waals surface area contributed by atoms with Crippen LogP contribution < -0.4 is 5.32 Å². The van der Waals surface area contributed by atoms with Gasteiger partial charge in [-0.15, -0.1) is 0 Å². The summed E-state index contributed by atoms with van der Waals surface area (Å²) in [5, 5.41) is 3.05. The molecule has 0 aliphatic heterocycles. The van der Waals surface area contributed by atoms with Crippen LogP contribution in [0.2, 0.25) is 5.02 Å². The fraction of sp³-hybridized carbons (Fsp3) is 0.235. The molecule has 0 bridgehead atoms. The van der Waals surface area contributed by atoms with Gasteiger partial charge >= 0.3 is 0 Å². The van der Waals surface area contributed by atoms with Crippen molar-refractivity contribution in [2.24, 2.45) is 0 Å². The van der Waals surface area contributed by atoms with Crippen LogP contribution in [0, 0.1) is 13.8 Å². The molecule has 2 aromatic carbocycles. The fourth-order valence-corrected chi connectivity index (χ4v) is 3.76. The standard InChI is InChI=1S/C17H19ClN2O3S/c1-12-7-9-14(10-8-12)19-17(21)11-20(3)24(22,23)16-6-4-5-15(18)13(16)2/h4-10H,11H2,1-3H3,(H,19,21). The van der Waals surface area contributed by atoms with Gasteiger partial charge in [-0.2, -0.15) is 4.31 Å². The largest absolute Gasteiger partial charge is 0.325 e. The van der Waals surface area contributed by atoms with Crippen molar-refractivity contribution in [3.05, 3.63) is 58.6 Å². The first-order valence-corrected chi connectivity index (χ1v) is 9.11. The number of nitrogens with zero attached hydrogens (tertiary/aromatic N) is 1. The third-order valence-corrected chi connectivity index (χ3v) is 5.97. The molecular weight excluding hydrogens is 348 g/mol. The molecule has 1 amide bonds. The number of aryl methyl sites for hydroxylation is 1. The van der Waals surface area contributed by atoms with Crippen LogP contribution in [-0.4, -0.2) is 32.2 Å². The first kappa shape index (κ1) is 18.4. The molecule has 7 heteroatoms. The number of carbonyl (C=O) groups is 1. The predicted molar refractivity (Wildman–Crippen MR) is 95.8 cm³/mol. The van der Waals surface area contributed by atoms with Crippen LogP contribution in [0.5, 0.6) is 0 Å². The molecule has 0 radical (unpaired) electrons. The SMILES string of the molecule is Cc1ccc(NC(=O)CN(C)S(=O)(=O)c2cccc(Cl)c2C)cc1. The summed E-state index contributed by atoms with van der Waals surface area (Å²) in [5.74, 6) is -0.412. The minimum absolute atomic E-state index is 0.0978. The van der Waals surface area contributed by atoms with E-state index in [2.05, 4.69) is 5.32 Å². The molecule has 0 aliphatic carbocycles. The zero-order valence-corrected chi connectivity index (χ0v) is 15.3. The topological polar surface area (TPSA) is 66.5 Å². The van der Waals surface area contributed by atoms with Gasteiger partial charge in [0.25, 0.3) is 0 Å². The van der Waals surface area contributed by atoms with Crippen molar-refractivity contribution in [1.29, 1.82) is 0 Å². The molecule has 0 fully saturated rings. The third kappa shape index (κ3) is 4.14. The summed E-state index contributed by atoms with van der Waals surface area (Å²) in [6, 6.07) is 11.9. The van der Waals surface area contributed by atoms with Crippen molar-refractivity contribution in [1.82, 2.24) is 4.31 Å². The average molecular weight is 367 g/mol. The number of halogens is 1. The Morgan fingerprint density at radius 2 is 1.75 bits per heavy atom. The Morgan fingerprint density at radius 1 is 1.12 bits per heavy atom. The average Bonchev–Trinajstić information content (AvgIpc) is 2.52. The second kappa shape index (κ2) is 7.34. The molecule has 1 N–H and O–H groups in total. The highest BCUT2D eigenvalue weighted by Gasteiger charge is 2.25. The van der Waals surface area contributed by atoms with Crippen LogP contribution >= 0.6 is 11.6 Å². The molecule has 0 spiro atoms. The lowest BCUT2D eigenvalue weighted by Crippen LogP contribution is -2.35. The van der Waals surface area contributed by atoms with Crippen molar-refractivity contribution in [2.45, 2.75) is 18.7 Å². The maximum Gasteiger partial charge on any atom is 0.243 e. The van der Waals surface area contributed by atoms with E-state index in [4.69, 9.17) is 11.6 Å². The summed E-state index contributed by atoms with van der Waals surface area (Å²) >= 11 is 5.99. The zero-order valence-electron chi connectivity index (χ0n) is 13.7. The summed E-state index contributed by atoms with van der Waals surface area (Å²) in [5.41, 5.74) is 2.16. The Balaban J connectivity index is 2.13. The van der Waals surface area contributed by atoms with E-state index in [0.717, 1.165) is 9.87 Å². The second-order valence-corrected chi connectivity index (χ2v) is 7.96. The lowest BCUT2D eigenvalue weighted by molar-refractivity contribution is -0.116. The zero-order chi connectivity index (χ0) is 17.9. The number of hydrogen-bond donors (Lipinski definition) is 1. The van der Waals surface area contributed by atoms with Crippen LogP contribution in [0.4, 0.5) is 5.69 Å². The Bertz CT molecular complexity index is 849. The smallest absolute Gasteiger partial charge is 0.243 e. The number of carbonyl (C=O) groups excluding carboxylic acids is 1. The monoisotopic (exact) mass is 366 g/mol. The minimum Gasteiger partial charge on any atom is -0.325 e. The van der Waals surface area contributed by atoms with Gasteiger partial charge in [0.05, 0.1) is 11.4 Å². The van der Waals surface area contributed by atoms with Gasteiger partial charge in [0, 0.05) is 17.8 Å². The number of hydrogen-bond acceptors (Lipinski definition) is 3. The normalized spacial score (nSPS) is 11.5. The van der Waals surface area contributed by atoms with Gasteiger partial charge < -0.3 is 5.32 Å². The molecule has 0 saturated heterocycles. The molecule has 0 atom stereocenters. The third-order valence-electron chi connectivity index (χ3n) is 3.61. The van der Waals surface area contributed by atoms with E-state index in [1.807, 2.05) is 19.1 Å². The first-order valence-electron chi connectivity index (χ1n) is 7.30. The van der Waals surface area contributed by atoms with E-state index in [1.54, 1.807) is 31.2 Å². The molecule has 0 aliphatic rings. The number of nitrogens with one attached hydrogen (secondary N) is 1. The van der Waals surface area contributed by atoms with E-state index >= 15 is 0 Å². The van der Waals surface area contributed by atoms with Crippen molar-refractivity contribution in [2.75, 3.05) is 18.9 Å². The number of likely N-dealkylation sites (N-methyl/N-ethyl adjacent to an activating group) is 1. The molecule has 5 nitrogen and oxygen atoms in total. The summed E-state index contributed by atoms with van der Waals surface area (Å²) in [6.07, 6.45) is 0. The molecule has 2 aromatic rings. The molecule has 0 aromatic heterocycles. The quantitative estimate of drug-likeness (QED) is 0.883. The highest BCUT2D eigenvalue weighted by molar-refractivity contribution is 7.89. The number of sulfonamides is 1. The van der Waals surface area contributed by atoms with Crippen molar-refractivity contribution >= 4 is 33.2 Å². The van der Waals surface area contributed by atoms with Gasteiger partial charge in [0.1, 0.15) is 0 Å². The maximum absolute atomic E-state index is 12.6. The minimum atomic E-state index is -3.80. The lowest BCUT2D eigenvalue weighted by Gasteiger charge is -2.18. The van der Waals surface area contributed by atoms with Crippen LogP contribution in [-0.2, 0) is 14.8 Å². The lowest BCUT2D eigenvalue weighted by atomic mass is 10.2. The summed E-state index contributed by atoms with van der Waals surface area (Å²) in [4.78, 5) is 12.2. The number of benzene rings is 2. The predicted octanol–water partition coefficient (Wildman–Crippen LogP) is 3.22. The number of anilines is 1.